The molecule has 2 N–H and O–H groups in total. The van der Waals surface area contributed by atoms with Crippen LogP contribution in [0.3, 0.4) is 0 Å². The summed E-state index contributed by atoms with van der Waals surface area (Å²) in [6.45, 7) is 0. The SMILES string of the molecule is O=C(NC(=O)c1ccccc1Cl)Nc1cnc(Sc2ccccc2)cn1. The lowest BCUT2D eigenvalue weighted by atomic mass is 10.2. The average Bonchev–Trinajstić information content (AvgIpc) is 2.64. The molecule has 1 aromatic heterocycles. The number of urea groups is 1. The fourth-order valence-electron chi connectivity index (χ4n) is 2.01. The van der Waals surface area contributed by atoms with Crippen LogP contribution in [0, 0.1) is 0 Å². The first-order valence-corrected chi connectivity index (χ1v) is 8.73. The maximum Gasteiger partial charge on any atom is 0.327 e. The van der Waals surface area contributed by atoms with Gasteiger partial charge in [-0.1, -0.05) is 53.7 Å². The minimum Gasteiger partial charge on any atom is -0.291 e. The zero-order valence-electron chi connectivity index (χ0n) is 13.3. The van der Waals surface area contributed by atoms with E-state index >= 15 is 0 Å². The second kappa shape index (κ2) is 8.46. The smallest absolute Gasteiger partial charge is 0.291 e. The van der Waals surface area contributed by atoms with Crippen molar-refractivity contribution in [1.29, 1.82) is 0 Å². The van der Waals surface area contributed by atoms with E-state index in [1.54, 1.807) is 24.4 Å². The van der Waals surface area contributed by atoms with Crippen molar-refractivity contribution in [1.82, 2.24) is 15.3 Å². The van der Waals surface area contributed by atoms with E-state index in [4.69, 9.17) is 11.6 Å². The molecule has 0 aliphatic carbocycles. The molecule has 0 saturated carbocycles. The largest absolute Gasteiger partial charge is 0.327 e. The van der Waals surface area contributed by atoms with Gasteiger partial charge in [0.1, 0.15) is 5.03 Å². The molecule has 6 nitrogen and oxygen atoms in total. The minimum atomic E-state index is -0.715. The monoisotopic (exact) mass is 384 g/mol. The van der Waals surface area contributed by atoms with E-state index in [1.165, 1.54) is 24.0 Å². The molecule has 3 amide bonds. The van der Waals surface area contributed by atoms with Crippen molar-refractivity contribution in [2.75, 3.05) is 5.32 Å². The molecule has 1 heterocycles. The van der Waals surface area contributed by atoms with E-state index in [1.807, 2.05) is 30.3 Å². The molecule has 2 aromatic carbocycles. The Hall–Kier alpha value is -2.90. The Balaban J connectivity index is 1.58. The highest BCUT2D eigenvalue weighted by Crippen LogP contribution is 2.25. The van der Waals surface area contributed by atoms with Gasteiger partial charge in [0.25, 0.3) is 5.91 Å². The van der Waals surface area contributed by atoms with Crippen LogP contribution in [0.4, 0.5) is 10.6 Å². The first kappa shape index (κ1) is 17.9. The van der Waals surface area contributed by atoms with Crippen molar-refractivity contribution in [3.05, 3.63) is 77.6 Å². The third kappa shape index (κ3) is 4.81. The normalized spacial score (nSPS) is 10.2. The van der Waals surface area contributed by atoms with Gasteiger partial charge in [-0.2, -0.15) is 0 Å². The van der Waals surface area contributed by atoms with Gasteiger partial charge in [0.15, 0.2) is 5.82 Å². The lowest BCUT2D eigenvalue weighted by molar-refractivity contribution is 0.0967. The van der Waals surface area contributed by atoms with Crippen molar-refractivity contribution < 1.29 is 9.59 Å². The van der Waals surface area contributed by atoms with Crippen LogP contribution in [0.2, 0.25) is 5.02 Å². The molecule has 0 bridgehead atoms. The first-order valence-electron chi connectivity index (χ1n) is 7.53. The number of carbonyl (C=O) groups excluding carboxylic acids is 2. The van der Waals surface area contributed by atoms with Crippen molar-refractivity contribution >= 4 is 41.1 Å². The highest BCUT2D eigenvalue weighted by Gasteiger charge is 2.13. The summed E-state index contributed by atoms with van der Waals surface area (Å²) in [6, 6.07) is 15.5. The van der Waals surface area contributed by atoms with Crippen molar-refractivity contribution in [3.8, 4) is 0 Å². The molecule has 3 rings (SSSR count). The number of rotatable bonds is 4. The predicted molar refractivity (Wildman–Crippen MR) is 101 cm³/mol. The number of imide groups is 1. The summed E-state index contributed by atoms with van der Waals surface area (Å²) in [7, 11) is 0. The van der Waals surface area contributed by atoms with E-state index in [-0.39, 0.29) is 16.4 Å². The fraction of sp³-hybridized carbons (Fsp3) is 0. The highest BCUT2D eigenvalue weighted by molar-refractivity contribution is 7.99. The molecule has 0 atom stereocenters. The number of nitrogens with one attached hydrogen (secondary N) is 2. The van der Waals surface area contributed by atoms with Crippen LogP contribution in [0.25, 0.3) is 0 Å². The Morgan fingerprint density at radius 2 is 1.65 bits per heavy atom. The summed E-state index contributed by atoms with van der Waals surface area (Å²) >= 11 is 7.38. The molecule has 3 aromatic rings. The Labute approximate surface area is 159 Å². The highest BCUT2D eigenvalue weighted by atomic mass is 35.5. The number of carbonyl (C=O) groups is 2. The molecule has 130 valence electrons. The standard InChI is InChI=1S/C18H13ClN4O2S/c19-14-9-5-4-8-13(14)17(24)23-18(25)22-15-10-21-16(11-20-15)26-12-6-2-1-3-7-12/h1-11H,(H2,20,22,23,24,25). The number of halogens is 1. The molecule has 0 fully saturated rings. The second-order valence-corrected chi connectivity index (χ2v) is 6.54. The van der Waals surface area contributed by atoms with Gasteiger partial charge in [0.05, 0.1) is 23.0 Å². The van der Waals surface area contributed by atoms with Crippen molar-refractivity contribution in [2.45, 2.75) is 9.92 Å². The van der Waals surface area contributed by atoms with Gasteiger partial charge in [-0.15, -0.1) is 0 Å². The van der Waals surface area contributed by atoms with Gasteiger partial charge < -0.3 is 0 Å². The molecule has 26 heavy (non-hydrogen) atoms. The number of amides is 3. The van der Waals surface area contributed by atoms with E-state index in [0.717, 1.165) is 4.90 Å². The van der Waals surface area contributed by atoms with Crippen LogP contribution in [0.15, 0.2) is 76.9 Å². The number of benzene rings is 2. The lowest BCUT2D eigenvalue weighted by Crippen LogP contribution is -2.34. The molecule has 0 aliphatic rings. The number of hydrogen-bond donors (Lipinski definition) is 2. The van der Waals surface area contributed by atoms with E-state index in [0.29, 0.717) is 5.03 Å². The zero-order chi connectivity index (χ0) is 18.4. The molecule has 0 radical (unpaired) electrons. The Morgan fingerprint density at radius 3 is 2.35 bits per heavy atom. The quantitative estimate of drug-likeness (QED) is 0.702. The zero-order valence-corrected chi connectivity index (χ0v) is 14.9. The van der Waals surface area contributed by atoms with Crippen molar-refractivity contribution in [2.24, 2.45) is 0 Å². The Bertz CT molecular complexity index is 920. The van der Waals surface area contributed by atoms with Gasteiger partial charge in [0, 0.05) is 4.90 Å². The van der Waals surface area contributed by atoms with Crippen LogP contribution in [-0.2, 0) is 0 Å². The Kier molecular flexibility index (Phi) is 5.83. The summed E-state index contributed by atoms with van der Waals surface area (Å²) in [4.78, 5) is 33.3. The van der Waals surface area contributed by atoms with Gasteiger partial charge in [0.2, 0.25) is 0 Å². The average molecular weight is 385 g/mol. The summed E-state index contributed by atoms with van der Waals surface area (Å²) in [5.74, 6) is -0.371. The van der Waals surface area contributed by atoms with Gasteiger partial charge in [-0.25, -0.2) is 14.8 Å². The topological polar surface area (TPSA) is 84.0 Å². The summed E-state index contributed by atoms with van der Waals surface area (Å²) < 4.78 is 0. The minimum absolute atomic E-state index is 0.213. The molecule has 0 saturated heterocycles. The van der Waals surface area contributed by atoms with E-state index in [9.17, 15) is 9.59 Å². The van der Waals surface area contributed by atoms with Gasteiger partial charge >= 0.3 is 6.03 Å². The first-order chi connectivity index (χ1) is 12.6. The van der Waals surface area contributed by atoms with E-state index < -0.39 is 11.9 Å². The second-order valence-electron chi connectivity index (χ2n) is 5.04. The number of nitrogens with zero attached hydrogens (tertiary/aromatic N) is 2. The molecule has 0 unspecified atom stereocenters. The van der Waals surface area contributed by atoms with Crippen LogP contribution >= 0.6 is 23.4 Å². The molecule has 8 heteroatoms. The molecular weight excluding hydrogens is 372 g/mol. The van der Waals surface area contributed by atoms with Crippen LogP contribution in [0.1, 0.15) is 10.4 Å². The van der Waals surface area contributed by atoms with Crippen molar-refractivity contribution in [3.63, 3.8) is 0 Å². The predicted octanol–water partition coefficient (Wildman–Crippen LogP) is 4.24. The lowest BCUT2D eigenvalue weighted by Gasteiger charge is -2.07. The third-order valence-corrected chi connectivity index (χ3v) is 4.44. The molecular formula is C18H13ClN4O2S. The summed E-state index contributed by atoms with van der Waals surface area (Å²) in [5, 5.41) is 5.60. The van der Waals surface area contributed by atoms with Crippen LogP contribution < -0.4 is 10.6 Å². The van der Waals surface area contributed by atoms with E-state index in [2.05, 4.69) is 20.6 Å². The van der Waals surface area contributed by atoms with Gasteiger partial charge in [-0.05, 0) is 24.3 Å². The molecule has 0 aliphatic heterocycles. The number of aromatic nitrogens is 2. The molecule has 0 spiro atoms. The maximum atomic E-state index is 12.0. The summed E-state index contributed by atoms with van der Waals surface area (Å²) in [5.41, 5.74) is 0.213. The third-order valence-electron chi connectivity index (χ3n) is 3.18. The fourth-order valence-corrected chi connectivity index (χ4v) is 2.97. The van der Waals surface area contributed by atoms with Crippen LogP contribution in [-0.4, -0.2) is 21.9 Å². The van der Waals surface area contributed by atoms with Gasteiger partial charge in [-0.3, -0.25) is 15.4 Å². The number of anilines is 1. The summed E-state index contributed by atoms with van der Waals surface area (Å²) in [6.07, 6.45) is 2.97. The number of hydrogen-bond acceptors (Lipinski definition) is 5. The maximum absolute atomic E-state index is 12.0. The Morgan fingerprint density at radius 1 is 0.923 bits per heavy atom. The van der Waals surface area contributed by atoms with Crippen LogP contribution in [0.5, 0.6) is 0 Å².